The molecule has 0 aliphatic heterocycles. The molecule has 3 rings (SSSR count). The van der Waals surface area contributed by atoms with Gasteiger partial charge in [0.15, 0.2) is 0 Å². The van der Waals surface area contributed by atoms with E-state index in [1.54, 1.807) is 30.5 Å². The maximum Gasteiger partial charge on any atom is 0.225 e. The molecule has 0 aliphatic carbocycles. The van der Waals surface area contributed by atoms with E-state index in [0.29, 0.717) is 5.95 Å². The number of aromatic nitrogens is 2. The lowest BCUT2D eigenvalue weighted by molar-refractivity contribution is 0.628. The molecule has 102 valence electrons. The second-order valence-corrected chi connectivity index (χ2v) is 5.19. The number of benzene rings is 1. The van der Waals surface area contributed by atoms with Gasteiger partial charge in [-0.25, -0.2) is 9.37 Å². The zero-order valence-electron chi connectivity index (χ0n) is 11.1. The molecule has 0 unspecified atom stereocenters. The number of anilines is 3. The highest BCUT2D eigenvalue weighted by molar-refractivity contribution is 7.16. The minimum Gasteiger partial charge on any atom is -0.357 e. The molecule has 0 radical (unpaired) electrons. The van der Waals surface area contributed by atoms with Crippen LogP contribution in [0.4, 0.5) is 21.8 Å². The first-order chi connectivity index (χ1) is 9.69. The van der Waals surface area contributed by atoms with E-state index in [1.807, 2.05) is 23.4 Å². The molecule has 0 amide bonds. The fourth-order valence-electron chi connectivity index (χ4n) is 1.99. The minimum absolute atomic E-state index is 0.249. The van der Waals surface area contributed by atoms with Crippen molar-refractivity contribution in [2.45, 2.75) is 0 Å². The van der Waals surface area contributed by atoms with Gasteiger partial charge in [0.25, 0.3) is 0 Å². The zero-order chi connectivity index (χ0) is 14.1. The molecule has 1 N–H and O–H groups in total. The van der Waals surface area contributed by atoms with Gasteiger partial charge in [-0.05, 0) is 35.7 Å². The summed E-state index contributed by atoms with van der Waals surface area (Å²) < 4.78 is 13.0. The molecule has 2 aromatic heterocycles. The van der Waals surface area contributed by atoms with Crippen molar-refractivity contribution in [1.82, 2.24) is 9.97 Å². The molecule has 0 saturated heterocycles. The minimum atomic E-state index is -0.249. The van der Waals surface area contributed by atoms with Crippen LogP contribution in [0.15, 0.2) is 35.7 Å². The van der Waals surface area contributed by atoms with Gasteiger partial charge in [0.2, 0.25) is 5.95 Å². The fraction of sp³-hybridized carbons (Fsp3) is 0.143. The van der Waals surface area contributed by atoms with E-state index < -0.39 is 0 Å². The molecule has 0 bridgehead atoms. The Morgan fingerprint density at radius 2 is 1.90 bits per heavy atom. The van der Waals surface area contributed by atoms with Crippen LogP contribution < -0.4 is 10.2 Å². The molecule has 0 atom stereocenters. The van der Waals surface area contributed by atoms with Gasteiger partial charge in [-0.15, -0.1) is 11.3 Å². The van der Waals surface area contributed by atoms with Crippen molar-refractivity contribution >= 4 is 39.0 Å². The number of nitrogens with zero attached hydrogens (tertiary/aromatic N) is 3. The van der Waals surface area contributed by atoms with E-state index in [4.69, 9.17) is 0 Å². The SMILES string of the molecule is CNc1nc(N(C)c2ccc(F)cc2)c2ccsc2n1. The standard InChI is InChI=1S/C14H13FN4S/c1-16-14-17-12(11-7-8-20-13(11)18-14)19(2)10-5-3-9(15)4-6-10/h3-8H,1-2H3,(H,16,17,18). The van der Waals surface area contributed by atoms with Crippen LogP contribution in [0.5, 0.6) is 0 Å². The topological polar surface area (TPSA) is 41.1 Å². The smallest absolute Gasteiger partial charge is 0.225 e. The molecule has 3 aromatic rings. The highest BCUT2D eigenvalue weighted by Crippen LogP contribution is 2.32. The van der Waals surface area contributed by atoms with Gasteiger partial charge in [-0.1, -0.05) is 0 Å². The molecule has 0 saturated carbocycles. The largest absolute Gasteiger partial charge is 0.357 e. The van der Waals surface area contributed by atoms with Crippen molar-refractivity contribution < 1.29 is 4.39 Å². The summed E-state index contributed by atoms with van der Waals surface area (Å²) in [5.41, 5.74) is 0.875. The molecular weight excluding hydrogens is 275 g/mol. The van der Waals surface area contributed by atoms with Crippen molar-refractivity contribution in [3.63, 3.8) is 0 Å². The number of hydrogen-bond donors (Lipinski definition) is 1. The van der Waals surface area contributed by atoms with Crippen molar-refractivity contribution in [3.05, 3.63) is 41.5 Å². The molecule has 6 heteroatoms. The number of halogens is 1. The second kappa shape index (κ2) is 5.05. The summed E-state index contributed by atoms with van der Waals surface area (Å²) in [5.74, 6) is 1.12. The number of hydrogen-bond acceptors (Lipinski definition) is 5. The summed E-state index contributed by atoms with van der Waals surface area (Å²) in [5, 5.41) is 5.94. The Labute approximate surface area is 119 Å². The summed E-state index contributed by atoms with van der Waals surface area (Å²) in [6.45, 7) is 0. The van der Waals surface area contributed by atoms with Crippen LogP contribution in [0.3, 0.4) is 0 Å². The summed E-state index contributed by atoms with van der Waals surface area (Å²) in [4.78, 5) is 11.8. The lowest BCUT2D eigenvalue weighted by atomic mass is 10.2. The van der Waals surface area contributed by atoms with Crippen LogP contribution in [-0.4, -0.2) is 24.1 Å². The van der Waals surface area contributed by atoms with Crippen LogP contribution in [0.25, 0.3) is 10.2 Å². The fourth-order valence-corrected chi connectivity index (χ4v) is 2.75. The number of nitrogens with one attached hydrogen (secondary N) is 1. The highest BCUT2D eigenvalue weighted by Gasteiger charge is 2.13. The third-order valence-corrected chi connectivity index (χ3v) is 3.87. The summed E-state index contributed by atoms with van der Waals surface area (Å²) in [7, 11) is 3.70. The van der Waals surface area contributed by atoms with Crippen molar-refractivity contribution in [2.75, 3.05) is 24.3 Å². The molecule has 4 nitrogen and oxygen atoms in total. The van der Waals surface area contributed by atoms with Crippen molar-refractivity contribution in [3.8, 4) is 0 Å². The Hall–Kier alpha value is -2.21. The van der Waals surface area contributed by atoms with E-state index in [1.165, 1.54) is 12.1 Å². The van der Waals surface area contributed by atoms with Gasteiger partial charge in [0.1, 0.15) is 16.5 Å². The lowest BCUT2D eigenvalue weighted by Gasteiger charge is -2.19. The lowest BCUT2D eigenvalue weighted by Crippen LogP contribution is -2.13. The van der Waals surface area contributed by atoms with Crippen LogP contribution in [0.2, 0.25) is 0 Å². The average molecular weight is 288 g/mol. The third kappa shape index (κ3) is 2.18. The Balaban J connectivity index is 2.12. The Bertz CT molecular complexity index is 739. The van der Waals surface area contributed by atoms with Crippen LogP contribution in [0.1, 0.15) is 0 Å². The van der Waals surface area contributed by atoms with Crippen LogP contribution >= 0.6 is 11.3 Å². The predicted octanol–water partition coefficient (Wildman–Crippen LogP) is 3.64. The Kier molecular flexibility index (Phi) is 3.23. The van der Waals surface area contributed by atoms with Gasteiger partial charge >= 0.3 is 0 Å². The van der Waals surface area contributed by atoms with E-state index in [2.05, 4.69) is 15.3 Å². The Morgan fingerprint density at radius 1 is 1.15 bits per heavy atom. The van der Waals surface area contributed by atoms with Crippen LogP contribution in [-0.2, 0) is 0 Å². The number of fused-ring (bicyclic) bond motifs is 1. The highest BCUT2D eigenvalue weighted by atomic mass is 32.1. The van der Waals surface area contributed by atoms with E-state index in [9.17, 15) is 4.39 Å². The van der Waals surface area contributed by atoms with Gasteiger partial charge in [-0.2, -0.15) is 4.98 Å². The van der Waals surface area contributed by atoms with Crippen molar-refractivity contribution in [1.29, 1.82) is 0 Å². The average Bonchev–Trinajstić information content (AvgIpc) is 2.94. The van der Waals surface area contributed by atoms with Gasteiger partial charge in [0, 0.05) is 19.8 Å². The van der Waals surface area contributed by atoms with Crippen LogP contribution in [0, 0.1) is 5.82 Å². The van der Waals surface area contributed by atoms with Gasteiger partial charge < -0.3 is 10.2 Å². The summed E-state index contributed by atoms with van der Waals surface area (Å²) in [6, 6.07) is 8.34. The quantitative estimate of drug-likeness (QED) is 0.799. The molecule has 1 aromatic carbocycles. The van der Waals surface area contributed by atoms with E-state index in [-0.39, 0.29) is 5.82 Å². The predicted molar refractivity (Wildman–Crippen MR) is 81.4 cm³/mol. The molecular formula is C14H13FN4S. The molecule has 0 spiro atoms. The molecule has 0 aliphatic rings. The van der Waals surface area contributed by atoms with Crippen molar-refractivity contribution in [2.24, 2.45) is 0 Å². The van der Waals surface area contributed by atoms with E-state index in [0.717, 1.165) is 21.7 Å². The van der Waals surface area contributed by atoms with E-state index >= 15 is 0 Å². The second-order valence-electron chi connectivity index (χ2n) is 4.30. The first-order valence-electron chi connectivity index (χ1n) is 6.11. The first kappa shape index (κ1) is 12.8. The van der Waals surface area contributed by atoms with Gasteiger partial charge in [0.05, 0.1) is 5.39 Å². The maximum atomic E-state index is 13.0. The maximum absolute atomic E-state index is 13.0. The molecule has 20 heavy (non-hydrogen) atoms. The third-order valence-electron chi connectivity index (χ3n) is 3.06. The summed E-state index contributed by atoms with van der Waals surface area (Å²) in [6.07, 6.45) is 0. The van der Waals surface area contributed by atoms with Gasteiger partial charge in [-0.3, -0.25) is 0 Å². The summed E-state index contributed by atoms with van der Waals surface area (Å²) >= 11 is 1.57. The molecule has 2 heterocycles. The zero-order valence-corrected chi connectivity index (χ0v) is 11.9. The monoisotopic (exact) mass is 288 g/mol. The number of rotatable bonds is 3. The number of thiophene rings is 1. The Morgan fingerprint density at radius 3 is 2.60 bits per heavy atom. The molecule has 0 fully saturated rings. The normalized spacial score (nSPS) is 10.8. The first-order valence-corrected chi connectivity index (χ1v) is 6.99.